The number of hydrogen-bond donors (Lipinski definition) is 1. The van der Waals surface area contributed by atoms with Gasteiger partial charge in [-0.3, -0.25) is 0 Å². The van der Waals surface area contributed by atoms with Crippen molar-refractivity contribution in [1.29, 1.82) is 0 Å². The molecule has 1 N–H and O–H groups in total. The highest BCUT2D eigenvalue weighted by Gasteiger charge is 2.35. The summed E-state index contributed by atoms with van der Waals surface area (Å²) in [6.45, 7) is 9.68. The summed E-state index contributed by atoms with van der Waals surface area (Å²) in [6.07, 6.45) is 3.14. The van der Waals surface area contributed by atoms with Crippen molar-refractivity contribution in [1.82, 2.24) is 8.87 Å². The molecule has 0 unspecified atom stereocenters. The largest absolute Gasteiger partial charge is 0.480 e. The van der Waals surface area contributed by atoms with Crippen LogP contribution in [0.1, 0.15) is 61.3 Å². The summed E-state index contributed by atoms with van der Waals surface area (Å²) in [6, 6.07) is 6.53. The highest BCUT2D eigenvalue weighted by Crippen LogP contribution is 2.41. The number of carbonyl (C=O) groups is 1. The van der Waals surface area contributed by atoms with E-state index in [-0.39, 0.29) is 5.41 Å². The molecule has 2 aromatic rings. The minimum atomic E-state index is -3.64. The number of morpholine rings is 1. The second-order valence-corrected chi connectivity index (χ2v) is 11.9. The topological polar surface area (TPSA) is 88.8 Å². The summed E-state index contributed by atoms with van der Waals surface area (Å²) in [5.41, 5.74) is 5.13. The Balaban J connectivity index is 1.80. The molecule has 1 atom stereocenters. The first kappa shape index (κ1) is 24.0. The van der Waals surface area contributed by atoms with Gasteiger partial charge in [-0.15, -0.1) is 0 Å². The normalized spacial score (nSPS) is 19.8. The van der Waals surface area contributed by atoms with Crippen LogP contribution in [0.25, 0.3) is 0 Å². The van der Waals surface area contributed by atoms with E-state index < -0.39 is 22.0 Å². The van der Waals surface area contributed by atoms with Crippen LogP contribution >= 0.6 is 0 Å². The lowest BCUT2D eigenvalue weighted by Gasteiger charge is -2.31. The van der Waals surface area contributed by atoms with Crippen LogP contribution in [0.4, 0.5) is 0 Å². The van der Waals surface area contributed by atoms with Gasteiger partial charge in [-0.25, -0.2) is 13.2 Å². The summed E-state index contributed by atoms with van der Waals surface area (Å²) in [5.74, 6) is -0.859. The number of hydrogen-bond acceptors (Lipinski definition) is 4. The molecule has 0 amide bonds. The van der Waals surface area contributed by atoms with E-state index in [0.717, 1.165) is 41.8 Å². The molecule has 180 valence electrons. The van der Waals surface area contributed by atoms with Gasteiger partial charge >= 0.3 is 5.97 Å². The van der Waals surface area contributed by atoms with Gasteiger partial charge in [0.15, 0.2) is 0 Å². The minimum absolute atomic E-state index is 0.117. The molecule has 0 spiro atoms. The molecular formula is C25H34N2O5S. The van der Waals surface area contributed by atoms with Crippen LogP contribution in [0, 0.1) is 12.3 Å². The highest BCUT2D eigenvalue weighted by atomic mass is 32.2. The van der Waals surface area contributed by atoms with Crippen molar-refractivity contribution in [3.63, 3.8) is 0 Å². The Bertz CT molecular complexity index is 1160. The summed E-state index contributed by atoms with van der Waals surface area (Å²) in [4.78, 5) is 12.2. The Labute approximate surface area is 196 Å². The number of aromatic nitrogens is 1. The Morgan fingerprint density at radius 1 is 1.21 bits per heavy atom. The predicted molar refractivity (Wildman–Crippen MR) is 126 cm³/mol. The molecule has 1 aliphatic heterocycles. The molecule has 1 aromatic heterocycles. The monoisotopic (exact) mass is 474 g/mol. The highest BCUT2D eigenvalue weighted by molar-refractivity contribution is 7.89. The maximum Gasteiger partial charge on any atom is 0.326 e. The summed E-state index contributed by atoms with van der Waals surface area (Å²) in [7, 11) is -3.64. The van der Waals surface area contributed by atoms with Gasteiger partial charge in [0.05, 0.1) is 18.1 Å². The van der Waals surface area contributed by atoms with E-state index >= 15 is 0 Å². The van der Waals surface area contributed by atoms with E-state index in [4.69, 9.17) is 4.74 Å². The number of fused-ring (bicyclic) bond motifs is 1. The first-order chi connectivity index (χ1) is 15.5. The minimum Gasteiger partial charge on any atom is -0.480 e. The van der Waals surface area contributed by atoms with Crippen molar-refractivity contribution in [2.24, 2.45) is 5.41 Å². The van der Waals surface area contributed by atoms with Gasteiger partial charge < -0.3 is 14.4 Å². The van der Waals surface area contributed by atoms with E-state index in [1.165, 1.54) is 9.87 Å². The third kappa shape index (κ3) is 4.48. The number of nitrogens with zero attached hydrogens (tertiary/aromatic N) is 2. The number of carboxylic acids is 1. The quantitative estimate of drug-likeness (QED) is 0.691. The van der Waals surface area contributed by atoms with Crippen LogP contribution in [-0.2, 0) is 38.8 Å². The number of aliphatic carboxylic acids is 1. The predicted octanol–water partition coefficient (Wildman–Crippen LogP) is 3.57. The first-order valence-electron chi connectivity index (χ1n) is 11.6. The van der Waals surface area contributed by atoms with Gasteiger partial charge in [0, 0.05) is 30.9 Å². The van der Waals surface area contributed by atoms with Crippen LogP contribution in [-0.4, -0.2) is 54.7 Å². The van der Waals surface area contributed by atoms with E-state index in [1.807, 2.05) is 23.6 Å². The maximum absolute atomic E-state index is 13.5. The summed E-state index contributed by atoms with van der Waals surface area (Å²) >= 11 is 0. The third-order valence-corrected chi connectivity index (χ3v) is 9.17. The Morgan fingerprint density at radius 2 is 1.88 bits per heavy atom. The number of benzene rings is 1. The lowest BCUT2D eigenvalue weighted by atomic mass is 9.75. The number of carboxylic acid groups (broad SMARTS) is 1. The zero-order valence-corrected chi connectivity index (χ0v) is 20.7. The lowest BCUT2D eigenvalue weighted by Crippen LogP contribution is -2.40. The van der Waals surface area contributed by atoms with Gasteiger partial charge in [0.2, 0.25) is 10.0 Å². The van der Waals surface area contributed by atoms with Gasteiger partial charge in [0.1, 0.15) is 6.04 Å². The Kier molecular flexibility index (Phi) is 6.46. The molecule has 8 heteroatoms. The molecule has 0 saturated carbocycles. The number of rotatable bonds is 6. The molecule has 1 fully saturated rings. The molecule has 0 radical (unpaired) electrons. The molecule has 1 saturated heterocycles. The van der Waals surface area contributed by atoms with Crippen molar-refractivity contribution in [2.75, 3.05) is 26.3 Å². The molecule has 4 rings (SSSR count). The van der Waals surface area contributed by atoms with E-state index in [2.05, 4.69) is 13.8 Å². The molecule has 1 aromatic carbocycles. The van der Waals surface area contributed by atoms with Gasteiger partial charge in [0.25, 0.3) is 0 Å². The summed E-state index contributed by atoms with van der Waals surface area (Å²) in [5, 5.41) is 9.74. The van der Waals surface area contributed by atoms with Crippen LogP contribution in [0.5, 0.6) is 0 Å². The lowest BCUT2D eigenvalue weighted by molar-refractivity contribution is -0.140. The fourth-order valence-electron chi connectivity index (χ4n) is 5.28. The maximum atomic E-state index is 13.5. The van der Waals surface area contributed by atoms with Crippen molar-refractivity contribution < 1.29 is 23.1 Å². The molecule has 1 aliphatic carbocycles. The van der Waals surface area contributed by atoms with Crippen LogP contribution < -0.4 is 0 Å². The second kappa shape index (κ2) is 8.89. The second-order valence-electron chi connectivity index (χ2n) is 10.0. The van der Waals surface area contributed by atoms with Crippen molar-refractivity contribution >= 4 is 16.0 Å². The Hall–Kier alpha value is -2.16. The fraction of sp³-hybridized carbons (Fsp3) is 0.560. The molecule has 0 bridgehead atoms. The smallest absolute Gasteiger partial charge is 0.326 e. The van der Waals surface area contributed by atoms with Gasteiger partial charge in [-0.2, -0.15) is 4.31 Å². The van der Waals surface area contributed by atoms with Crippen molar-refractivity contribution in [3.05, 3.63) is 52.3 Å². The fourth-order valence-corrected chi connectivity index (χ4v) is 6.91. The third-order valence-electron chi connectivity index (χ3n) is 7.17. The zero-order chi connectivity index (χ0) is 24.0. The van der Waals surface area contributed by atoms with Crippen LogP contribution in [0.3, 0.4) is 0 Å². The van der Waals surface area contributed by atoms with Gasteiger partial charge in [-0.1, -0.05) is 32.0 Å². The van der Waals surface area contributed by atoms with Crippen molar-refractivity contribution in [3.8, 4) is 0 Å². The molecule has 2 heterocycles. The molecular weight excluding hydrogens is 440 g/mol. The number of ether oxygens (including phenoxy) is 1. The van der Waals surface area contributed by atoms with Crippen LogP contribution in [0.15, 0.2) is 29.2 Å². The van der Waals surface area contributed by atoms with Gasteiger partial charge in [-0.05, 0) is 61.3 Å². The standard InChI is InChI=1S/C25H34N2O5S/c1-17-20(21-16-25(3,4)10-9-22(21)27(17)18(2)24(28)29)15-19-7-5-6-8-23(19)33(30,31)26-11-13-32-14-12-26/h5-8,18H,9-16H2,1-4H3,(H,28,29)/t18-/m1/s1. The van der Waals surface area contributed by atoms with E-state index in [1.54, 1.807) is 19.1 Å². The molecule has 2 aliphatic rings. The van der Waals surface area contributed by atoms with Crippen LogP contribution in [0.2, 0.25) is 0 Å². The molecule has 7 nitrogen and oxygen atoms in total. The average Bonchev–Trinajstić information content (AvgIpc) is 3.03. The zero-order valence-electron chi connectivity index (χ0n) is 19.9. The van der Waals surface area contributed by atoms with Crippen molar-refractivity contribution in [2.45, 2.75) is 64.3 Å². The SMILES string of the molecule is Cc1c(Cc2ccccc2S(=O)(=O)N2CCOCC2)c2c(n1[C@H](C)C(=O)O)CCC(C)(C)C2. The summed E-state index contributed by atoms with van der Waals surface area (Å²) < 4.78 is 35.7. The van der Waals surface area contributed by atoms with E-state index in [0.29, 0.717) is 37.6 Å². The number of sulfonamides is 1. The average molecular weight is 475 g/mol. The van der Waals surface area contributed by atoms with E-state index in [9.17, 15) is 18.3 Å². The first-order valence-corrected chi connectivity index (χ1v) is 13.1. The molecule has 33 heavy (non-hydrogen) atoms. The Morgan fingerprint density at radius 3 is 2.55 bits per heavy atom.